The molecule has 188 valence electrons. The minimum absolute atomic E-state index is 0.780. The van der Waals surface area contributed by atoms with Crippen LogP contribution in [0, 0.1) is 0 Å². The summed E-state index contributed by atoms with van der Waals surface area (Å²) in [5, 5.41) is 2.00. The van der Waals surface area contributed by atoms with Gasteiger partial charge in [-0.15, -0.1) is 0 Å². The van der Waals surface area contributed by atoms with Gasteiger partial charge in [0.2, 0.25) is 0 Å². The summed E-state index contributed by atoms with van der Waals surface area (Å²) in [5.41, 5.74) is 3.68. The number of hydrogen-bond donors (Lipinski definition) is 2. The standard InChI is InChI=1S/C29H33ClN4OS/c1-33-15-4-16-34(18-17-33)24-6-2-7-26(20-24)35-25-9-11-27(12-10-25)36-32-14-3-5-22-21-31-29-13-8-23(30)19-28(22)29/h2,6-13,19-21,31-32H,3-5,14-18H2,1H3. The van der Waals surface area contributed by atoms with E-state index in [9.17, 15) is 0 Å². The number of nitrogens with one attached hydrogen (secondary N) is 2. The van der Waals surface area contributed by atoms with Gasteiger partial charge in [0.1, 0.15) is 11.5 Å². The maximum atomic E-state index is 6.17. The molecular weight excluding hydrogens is 488 g/mol. The van der Waals surface area contributed by atoms with E-state index in [0.717, 1.165) is 67.6 Å². The fourth-order valence-electron chi connectivity index (χ4n) is 4.60. The first-order valence-corrected chi connectivity index (χ1v) is 13.8. The zero-order chi connectivity index (χ0) is 24.7. The average Bonchev–Trinajstić information content (AvgIpc) is 3.15. The summed E-state index contributed by atoms with van der Waals surface area (Å²) in [7, 11) is 2.20. The average molecular weight is 521 g/mol. The molecule has 5 rings (SSSR count). The maximum Gasteiger partial charge on any atom is 0.129 e. The van der Waals surface area contributed by atoms with Crippen LogP contribution in [0.25, 0.3) is 10.9 Å². The number of H-pyrrole nitrogens is 1. The van der Waals surface area contributed by atoms with Gasteiger partial charge in [0.05, 0.1) is 0 Å². The summed E-state index contributed by atoms with van der Waals surface area (Å²) < 4.78 is 9.64. The quantitative estimate of drug-likeness (QED) is 0.184. The number of aryl methyl sites for hydroxylation is 1. The zero-order valence-electron chi connectivity index (χ0n) is 20.7. The van der Waals surface area contributed by atoms with Crippen LogP contribution in [0.4, 0.5) is 5.69 Å². The van der Waals surface area contributed by atoms with Crippen molar-refractivity contribution in [3.63, 3.8) is 0 Å². The lowest BCUT2D eigenvalue weighted by atomic mass is 10.1. The molecule has 0 aliphatic carbocycles. The van der Waals surface area contributed by atoms with Crippen LogP contribution in [0.5, 0.6) is 11.5 Å². The molecule has 1 aromatic heterocycles. The first-order chi connectivity index (χ1) is 17.6. The number of likely N-dealkylation sites (N-methyl/N-ethyl adjacent to an activating group) is 1. The van der Waals surface area contributed by atoms with Gasteiger partial charge in [0.15, 0.2) is 0 Å². The molecule has 5 nitrogen and oxygen atoms in total. The Balaban J connectivity index is 1.08. The minimum atomic E-state index is 0.780. The summed E-state index contributed by atoms with van der Waals surface area (Å²) in [6, 6.07) is 22.7. The first-order valence-electron chi connectivity index (χ1n) is 12.6. The molecule has 7 heteroatoms. The lowest BCUT2D eigenvalue weighted by molar-refractivity contribution is 0.360. The lowest BCUT2D eigenvalue weighted by Crippen LogP contribution is -2.28. The van der Waals surface area contributed by atoms with E-state index < -0.39 is 0 Å². The van der Waals surface area contributed by atoms with E-state index in [1.165, 1.54) is 28.0 Å². The van der Waals surface area contributed by atoms with Gasteiger partial charge in [-0.1, -0.05) is 17.7 Å². The van der Waals surface area contributed by atoms with Crippen molar-refractivity contribution in [3.8, 4) is 11.5 Å². The smallest absolute Gasteiger partial charge is 0.129 e. The van der Waals surface area contributed by atoms with E-state index >= 15 is 0 Å². The van der Waals surface area contributed by atoms with E-state index in [2.05, 4.69) is 63.1 Å². The van der Waals surface area contributed by atoms with Crippen molar-refractivity contribution in [1.29, 1.82) is 0 Å². The molecule has 36 heavy (non-hydrogen) atoms. The number of ether oxygens (including phenoxy) is 1. The third-order valence-corrected chi connectivity index (χ3v) is 7.70. The number of aromatic amines is 1. The van der Waals surface area contributed by atoms with Crippen LogP contribution in [-0.2, 0) is 6.42 Å². The molecule has 2 N–H and O–H groups in total. The Morgan fingerprint density at radius 2 is 1.86 bits per heavy atom. The van der Waals surface area contributed by atoms with Gasteiger partial charge in [-0.25, -0.2) is 0 Å². The van der Waals surface area contributed by atoms with Gasteiger partial charge in [-0.3, -0.25) is 4.72 Å². The summed E-state index contributed by atoms with van der Waals surface area (Å²) >= 11 is 7.82. The largest absolute Gasteiger partial charge is 0.457 e. The van der Waals surface area contributed by atoms with Crippen molar-refractivity contribution in [1.82, 2.24) is 14.6 Å². The number of nitrogens with zero attached hydrogens (tertiary/aromatic N) is 2. The Hall–Kier alpha value is -2.64. The van der Waals surface area contributed by atoms with Crippen LogP contribution in [-0.4, -0.2) is 49.7 Å². The van der Waals surface area contributed by atoms with Crippen molar-refractivity contribution in [2.24, 2.45) is 0 Å². The number of anilines is 1. The van der Waals surface area contributed by atoms with Crippen molar-refractivity contribution in [2.75, 3.05) is 44.7 Å². The summed E-state index contributed by atoms with van der Waals surface area (Å²) in [6.07, 6.45) is 5.34. The van der Waals surface area contributed by atoms with Crippen molar-refractivity contribution >= 4 is 40.1 Å². The topological polar surface area (TPSA) is 43.5 Å². The highest BCUT2D eigenvalue weighted by Crippen LogP contribution is 2.28. The van der Waals surface area contributed by atoms with E-state index in [-0.39, 0.29) is 0 Å². The fraction of sp³-hybridized carbons (Fsp3) is 0.310. The molecule has 0 saturated carbocycles. The van der Waals surface area contributed by atoms with Gasteiger partial charge < -0.3 is 19.5 Å². The van der Waals surface area contributed by atoms with Crippen molar-refractivity contribution in [3.05, 3.63) is 83.5 Å². The molecule has 1 saturated heterocycles. The molecular formula is C29H33ClN4OS. The van der Waals surface area contributed by atoms with E-state index in [0.29, 0.717) is 0 Å². The monoisotopic (exact) mass is 520 g/mol. The van der Waals surface area contributed by atoms with Crippen LogP contribution in [0.3, 0.4) is 0 Å². The van der Waals surface area contributed by atoms with Gasteiger partial charge in [-0.05, 0) is 105 Å². The predicted octanol–water partition coefficient (Wildman–Crippen LogP) is 6.99. The Kier molecular flexibility index (Phi) is 8.39. The highest BCUT2D eigenvalue weighted by molar-refractivity contribution is 7.97. The summed E-state index contributed by atoms with van der Waals surface area (Å²) in [5.74, 6) is 1.73. The molecule has 0 unspecified atom stereocenters. The Morgan fingerprint density at radius 1 is 0.972 bits per heavy atom. The molecule has 3 aromatic carbocycles. The molecule has 1 aliphatic heterocycles. The third-order valence-electron chi connectivity index (χ3n) is 6.61. The van der Waals surface area contributed by atoms with Gasteiger partial charge in [0, 0.05) is 65.0 Å². The Morgan fingerprint density at radius 3 is 2.75 bits per heavy atom. The van der Waals surface area contributed by atoms with Crippen LogP contribution in [0.1, 0.15) is 18.4 Å². The second-order valence-electron chi connectivity index (χ2n) is 9.32. The highest BCUT2D eigenvalue weighted by atomic mass is 35.5. The maximum absolute atomic E-state index is 6.17. The van der Waals surface area contributed by atoms with Gasteiger partial charge in [0.25, 0.3) is 0 Å². The highest BCUT2D eigenvalue weighted by Gasteiger charge is 2.13. The molecule has 4 aromatic rings. The minimum Gasteiger partial charge on any atom is -0.457 e. The third kappa shape index (κ3) is 6.56. The van der Waals surface area contributed by atoms with Gasteiger partial charge >= 0.3 is 0 Å². The molecule has 2 heterocycles. The van der Waals surface area contributed by atoms with Gasteiger partial charge in [-0.2, -0.15) is 0 Å². The lowest BCUT2D eigenvalue weighted by Gasteiger charge is -2.23. The van der Waals surface area contributed by atoms with E-state index in [1.807, 2.05) is 36.4 Å². The molecule has 1 aliphatic rings. The molecule has 0 bridgehead atoms. The SMILES string of the molecule is CN1CCCN(c2cccc(Oc3ccc(SNCCCc4c[nH]c5ccc(Cl)cc45)cc3)c2)CC1. The van der Waals surface area contributed by atoms with E-state index in [4.69, 9.17) is 16.3 Å². The first kappa shape index (κ1) is 25.0. The normalized spacial score (nSPS) is 14.8. The van der Waals surface area contributed by atoms with Crippen LogP contribution >= 0.6 is 23.5 Å². The number of hydrogen-bond acceptors (Lipinski definition) is 5. The molecule has 0 atom stereocenters. The second kappa shape index (κ2) is 12.1. The number of halogens is 1. The Bertz CT molecular complexity index is 1280. The number of fused-ring (bicyclic) bond motifs is 1. The van der Waals surface area contributed by atoms with Crippen LogP contribution < -0.4 is 14.4 Å². The molecule has 0 amide bonds. The predicted molar refractivity (Wildman–Crippen MR) is 153 cm³/mol. The fourth-order valence-corrected chi connectivity index (χ4v) is 5.46. The second-order valence-corrected chi connectivity index (χ2v) is 10.7. The summed E-state index contributed by atoms with van der Waals surface area (Å²) in [6.45, 7) is 5.31. The zero-order valence-corrected chi connectivity index (χ0v) is 22.2. The number of benzene rings is 3. The van der Waals surface area contributed by atoms with Crippen molar-refractivity contribution < 1.29 is 4.74 Å². The molecule has 0 spiro atoms. The number of aromatic nitrogens is 1. The van der Waals surface area contributed by atoms with E-state index in [1.54, 1.807) is 11.9 Å². The molecule has 1 fully saturated rings. The van der Waals surface area contributed by atoms with Crippen LogP contribution in [0.15, 0.2) is 77.8 Å². The van der Waals surface area contributed by atoms with Crippen LogP contribution in [0.2, 0.25) is 5.02 Å². The summed E-state index contributed by atoms with van der Waals surface area (Å²) in [4.78, 5) is 9.35. The molecule has 0 radical (unpaired) electrons. The number of rotatable bonds is 9. The van der Waals surface area contributed by atoms with Crippen molar-refractivity contribution in [2.45, 2.75) is 24.2 Å². The Labute approximate surface area is 222 Å².